The molecule has 0 saturated heterocycles. The van der Waals surface area contributed by atoms with Crippen molar-refractivity contribution >= 4 is 34.3 Å². The number of carbonyl (C=O) groups is 2. The summed E-state index contributed by atoms with van der Waals surface area (Å²) in [5, 5.41) is 10.4. The Hall–Kier alpha value is -2.13. The van der Waals surface area contributed by atoms with Gasteiger partial charge in [0.25, 0.3) is 5.91 Å². The van der Waals surface area contributed by atoms with Crippen molar-refractivity contribution in [1.29, 1.82) is 0 Å². The van der Waals surface area contributed by atoms with Crippen LogP contribution < -0.4 is 0 Å². The predicted octanol–water partition coefficient (Wildman–Crippen LogP) is 3.42. The number of aliphatic hydroxyl groups excluding tert-OH is 1. The Labute approximate surface area is 164 Å². The number of amides is 1. The van der Waals surface area contributed by atoms with Crippen molar-refractivity contribution in [1.82, 2.24) is 4.90 Å². The monoisotopic (exact) mass is 467 g/mol. The van der Waals surface area contributed by atoms with Crippen molar-refractivity contribution in [2.75, 3.05) is 20.3 Å². The Morgan fingerprint density at radius 3 is 2.54 bits per heavy atom. The molecule has 0 bridgehead atoms. The number of Topliss-reactive ketones (excluding diaryl/α,β-unsaturated/α-hetero) is 1. The summed E-state index contributed by atoms with van der Waals surface area (Å²) < 4.78 is 11.5. The first-order valence-electron chi connectivity index (χ1n) is 8.03. The average Bonchev–Trinajstić information content (AvgIpc) is 3.16. The van der Waals surface area contributed by atoms with Crippen LogP contribution >= 0.6 is 22.6 Å². The highest BCUT2D eigenvalue weighted by Crippen LogP contribution is 2.39. The number of aliphatic hydroxyl groups is 1. The van der Waals surface area contributed by atoms with Gasteiger partial charge in [0, 0.05) is 17.2 Å². The minimum Gasteiger partial charge on any atom is -0.503 e. The van der Waals surface area contributed by atoms with Crippen molar-refractivity contribution in [2.24, 2.45) is 0 Å². The second-order valence-electron chi connectivity index (χ2n) is 5.95. The van der Waals surface area contributed by atoms with E-state index in [4.69, 9.17) is 9.15 Å². The van der Waals surface area contributed by atoms with Gasteiger partial charge in [-0.15, -0.1) is 0 Å². The summed E-state index contributed by atoms with van der Waals surface area (Å²) in [6.07, 6.45) is 0. The Balaban J connectivity index is 2.07. The minimum absolute atomic E-state index is 0.0293. The molecule has 1 aliphatic heterocycles. The number of carbonyl (C=O) groups excluding carboxylic acids is 2. The molecule has 1 unspecified atom stereocenters. The zero-order valence-electron chi connectivity index (χ0n) is 14.4. The number of furan rings is 1. The number of ether oxygens (including phenoxy) is 1. The van der Waals surface area contributed by atoms with Gasteiger partial charge in [0.2, 0.25) is 5.78 Å². The van der Waals surface area contributed by atoms with E-state index in [1.807, 2.05) is 24.3 Å². The Morgan fingerprint density at radius 1 is 1.27 bits per heavy atom. The fourth-order valence-electron chi connectivity index (χ4n) is 2.99. The zero-order chi connectivity index (χ0) is 18.8. The smallest absolute Gasteiger partial charge is 0.290 e. The Bertz CT molecular complexity index is 868. The average molecular weight is 467 g/mol. The van der Waals surface area contributed by atoms with Crippen LogP contribution in [0.25, 0.3) is 0 Å². The van der Waals surface area contributed by atoms with Crippen LogP contribution in [-0.4, -0.2) is 42.0 Å². The number of rotatable bonds is 6. The van der Waals surface area contributed by atoms with Crippen molar-refractivity contribution in [3.63, 3.8) is 0 Å². The van der Waals surface area contributed by atoms with Crippen molar-refractivity contribution in [3.05, 3.63) is 68.4 Å². The highest BCUT2D eigenvalue weighted by molar-refractivity contribution is 14.1. The standard InChI is InChI=1S/C19H18INO5/c1-11-3-8-14(26-11)17(22)15-16(12-4-6-13(20)7-5-12)21(9-10-25-2)19(24)18(15)23/h3-8,16,23H,9-10H2,1-2H3. The molecule has 6 nitrogen and oxygen atoms in total. The van der Waals surface area contributed by atoms with Crippen molar-refractivity contribution < 1.29 is 23.8 Å². The molecule has 0 radical (unpaired) electrons. The number of ketones is 1. The van der Waals surface area contributed by atoms with Gasteiger partial charge in [-0.1, -0.05) is 12.1 Å². The maximum absolute atomic E-state index is 13.0. The van der Waals surface area contributed by atoms with Crippen LogP contribution in [0.1, 0.15) is 27.9 Å². The maximum Gasteiger partial charge on any atom is 0.290 e. The van der Waals surface area contributed by atoms with Gasteiger partial charge in [0.1, 0.15) is 5.76 Å². The third-order valence-electron chi connectivity index (χ3n) is 4.23. The first kappa shape index (κ1) is 18.7. The summed E-state index contributed by atoms with van der Waals surface area (Å²) in [6, 6.07) is 10.0. The number of halogens is 1. The molecule has 1 aliphatic rings. The van der Waals surface area contributed by atoms with E-state index < -0.39 is 23.5 Å². The maximum atomic E-state index is 13.0. The van der Waals surface area contributed by atoms with Crippen molar-refractivity contribution in [2.45, 2.75) is 13.0 Å². The quantitative estimate of drug-likeness (QED) is 0.521. The lowest BCUT2D eigenvalue weighted by Crippen LogP contribution is -2.34. The number of hydrogen-bond donors (Lipinski definition) is 1. The molecule has 3 rings (SSSR count). The highest BCUT2D eigenvalue weighted by atomic mass is 127. The first-order chi connectivity index (χ1) is 12.4. The molecule has 2 aromatic rings. The third kappa shape index (κ3) is 3.41. The first-order valence-corrected chi connectivity index (χ1v) is 9.11. The molecule has 1 amide bonds. The van der Waals surface area contributed by atoms with E-state index in [0.717, 1.165) is 9.13 Å². The predicted molar refractivity (Wildman–Crippen MR) is 103 cm³/mol. The molecule has 7 heteroatoms. The molecule has 1 atom stereocenters. The van der Waals surface area contributed by atoms with Gasteiger partial charge >= 0.3 is 0 Å². The number of hydrogen-bond acceptors (Lipinski definition) is 5. The lowest BCUT2D eigenvalue weighted by atomic mass is 9.95. The van der Waals surface area contributed by atoms with Crippen LogP contribution in [-0.2, 0) is 9.53 Å². The number of nitrogens with zero attached hydrogens (tertiary/aromatic N) is 1. The number of methoxy groups -OCH3 is 1. The summed E-state index contributed by atoms with van der Waals surface area (Å²) in [5.74, 6) is -0.936. The summed E-state index contributed by atoms with van der Waals surface area (Å²) in [4.78, 5) is 27.0. The summed E-state index contributed by atoms with van der Waals surface area (Å²) in [5.41, 5.74) is 0.771. The zero-order valence-corrected chi connectivity index (χ0v) is 16.5. The van der Waals surface area contributed by atoms with Crippen molar-refractivity contribution in [3.8, 4) is 0 Å². The van der Waals surface area contributed by atoms with E-state index in [2.05, 4.69) is 22.6 Å². The molecule has 0 aliphatic carbocycles. The highest BCUT2D eigenvalue weighted by Gasteiger charge is 2.44. The molecular formula is C19H18INO5. The second-order valence-corrected chi connectivity index (χ2v) is 7.19. The molecule has 1 aromatic carbocycles. The fraction of sp³-hybridized carbons (Fsp3) is 0.263. The van der Waals surface area contributed by atoms with Gasteiger partial charge < -0.3 is 19.2 Å². The topological polar surface area (TPSA) is 80.0 Å². The molecule has 1 aromatic heterocycles. The van der Waals surface area contributed by atoms with Crippen LogP contribution in [0.4, 0.5) is 0 Å². The normalized spacial score (nSPS) is 17.3. The molecule has 0 spiro atoms. The van der Waals surface area contributed by atoms with Crippen LogP contribution in [0.15, 0.2) is 52.1 Å². The van der Waals surface area contributed by atoms with Crippen LogP contribution in [0.2, 0.25) is 0 Å². The van der Waals surface area contributed by atoms with Gasteiger partial charge in [-0.2, -0.15) is 0 Å². The van der Waals surface area contributed by atoms with Crippen LogP contribution in [0.5, 0.6) is 0 Å². The number of aryl methyl sites for hydroxylation is 1. The lowest BCUT2D eigenvalue weighted by Gasteiger charge is -2.26. The summed E-state index contributed by atoms with van der Waals surface area (Å²) >= 11 is 2.18. The third-order valence-corrected chi connectivity index (χ3v) is 4.95. The largest absolute Gasteiger partial charge is 0.503 e. The van der Waals surface area contributed by atoms with E-state index in [1.165, 1.54) is 12.0 Å². The summed E-state index contributed by atoms with van der Waals surface area (Å²) in [6.45, 7) is 2.28. The van der Waals surface area contributed by atoms with E-state index in [1.54, 1.807) is 19.1 Å². The van der Waals surface area contributed by atoms with Gasteiger partial charge in [0.15, 0.2) is 11.5 Å². The fourth-order valence-corrected chi connectivity index (χ4v) is 3.35. The molecular weight excluding hydrogens is 449 g/mol. The van der Waals surface area contributed by atoms with Gasteiger partial charge in [-0.05, 0) is 59.3 Å². The summed E-state index contributed by atoms with van der Waals surface area (Å²) in [7, 11) is 1.53. The lowest BCUT2D eigenvalue weighted by molar-refractivity contribution is -0.130. The van der Waals surface area contributed by atoms with E-state index >= 15 is 0 Å². The number of benzene rings is 1. The molecule has 0 fully saturated rings. The van der Waals surface area contributed by atoms with Gasteiger partial charge in [0.05, 0.1) is 18.2 Å². The SMILES string of the molecule is COCCN1C(=O)C(O)=C(C(=O)c2ccc(C)o2)C1c1ccc(I)cc1. The molecule has 136 valence electrons. The van der Waals surface area contributed by atoms with E-state index in [-0.39, 0.29) is 17.9 Å². The molecule has 0 saturated carbocycles. The molecule has 26 heavy (non-hydrogen) atoms. The van der Waals surface area contributed by atoms with Crippen LogP contribution in [0.3, 0.4) is 0 Å². The van der Waals surface area contributed by atoms with E-state index in [0.29, 0.717) is 12.4 Å². The molecule has 1 N–H and O–H groups in total. The van der Waals surface area contributed by atoms with Gasteiger partial charge in [-0.25, -0.2) is 0 Å². The van der Waals surface area contributed by atoms with E-state index in [9.17, 15) is 14.7 Å². The second kappa shape index (κ2) is 7.63. The Morgan fingerprint density at radius 2 is 1.96 bits per heavy atom. The Kier molecular flexibility index (Phi) is 5.47. The van der Waals surface area contributed by atoms with Gasteiger partial charge in [-0.3, -0.25) is 9.59 Å². The minimum atomic E-state index is -0.687. The van der Waals surface area contributed by atoms with Crippen LogP contribution in [0, 0.1) is 10.5 Å². The molecule has 2 heterocycles.